The van der Waals surface area contributed by atoms with Gasteiger partial charge in [-0.05, 0) is 35.0 Å². The molecule has 0 saturated carbocycles. The van der Waals surface area contributed by atoms with Crippen molar-refractivity contribution in [3.63, 3.8) is 0 Å². The number of nitrogens with one attached hydrogen (secondary N) is 2. The maximum absolute atomic E-state index is 11.9. The minimum atomic E-state index is -0.285. The molecule has 6 heteroatoms. The van der Waals surface area contributed by atoms with Gasteiger partial charge in [0.25, 0.3) is 0 Å². The van der Waals surface area contributed by atoms with Crippen LogP contribution in [0.4, 0.5) is 5.69 Å². The third-order valence-corrected chi connectivity index (χ3v) is 2.99. The average Bonchev–Trinajstić information content (AvgIpc) is 2.34. The minimum Gasteiger partial charge on any atom is -0.378 e. The summed E-state index contributed by atoms with van der Waals surface area (Å²) in [5, 5.41) is 5.95. The molecule has 0 spiro atoms. The first-order chi connectivity index (χ1) is 8.16. The van der Waals surface area contributed by atoms with Crippen molar-refractivity contribution in [2.24, 2.45) is 0 Å². The second-order valence-corrected chi connectivity index (χ2v) is 4.65. The van der Waals surface area contributed by atoms with Crippen molar-refractivity contribution in [2.75, 3.05) is 25.1 Å². The molecule has 5 nitrogen and oxygen atoms in total. The molecule has 1 aromatic heterocycles. The summed E-state index contributed by atoms with van der Waals surface area (Å²) in [6, 6.07) is 3.34. The van der Waals surface area contributed by atoms with Crippen molar-refractivity contribution in [2.45, 2.75) is 13.0 Å². The highest BCUT2D eigenvalue weighted by Crippen LogP contribution is 2.16. The fourth-order valence-electron chi connectivity index (χ4n) is 1.62. The Labute approximate surface area is 108 Å². The molecule has 2 heterocycles. The van der Waals surface area contributed by atoms with Gasteiger partial charge in [-0.3, -0.25) is 4.79 Å². The largest absolute Gasteiger partial charge is 0.378 e. The van der Waals surface area contributed by atoms with E-state index >= 15 is 0 Å². The standard InChI is InChI=1S/C11H14BrN3O2/c1-7-8(2-3-10(12)14-7)15-11(16)9-6-17-5-4-13-9/h2-3,9,13H,4-6H2,1H3,(H,15,16). The van der Waals surface area contributed by atoms with Crippen LogP contribution in [0.2, 0.25) is 0 Å². The number of anilines is 1. The quantitative estimate of drug-likeness (QED) is 0.802. The van der Waals surface area contributed by atoms with Crippen molar-refractivity contribution in [3.05, 3.63) is 22.4 Å². The average molecular weight is 300 g/mol. The Balaban J connectivity index is 2.02. The van der Waals surface area contributed by atoms with Gasteiger partial charge in [0.1, 0.15) is 10.6 Å². The van der Waals surface area contributed by atoms with E-state index in [1.807, 2.05) is 13.0 Å². The topological polar surface area (TPSA) is 63.2 Å². The number of pyridine rings is 1. The van der Waals surface area contributed by atoms with Crippen LogP contribution in [0.3, 0.4) is 0 Å². The first-order valence-electron chi connectivity index (χ1n) is 5.42. The molecular weight excluding hydrogens is 286 g/mol. The van der Waals surface area contributed by atoms with Crippen molar-refractivity contribution in [3.8, 4) is 0 Å². The predicted octanol–water partition coefficient (Wildman–Crippen LogP) is 1.08. The molecule has 1 aromatic rings. The van der Waals surface area contributed by atoms with E-state index in [2.05, 4.69) is 31.5 Å². The Kier molecular flexibility index (Phi) is 4.09. The van der Waals surface area contributed by atoms with Crippen molar-refractivity contribution in [1.82, 2.24) is 10.3 Å². The number of ether oxygens (including phenoxy) is 1. The number of morpholine rings is 1. The number of hydrogen-bond donors (Lipinski definition) is 2. The predicted molar refractivity (Wildman–Crippen MR) is 67.9 cm³/mol. The first kappa shape index (κ1) is 12.5. The summed E-state index contributed by atoms with van der Waals surface area (Å²) < 4.78 is 6.00. The number of aromatic nitrogens is 1. The van der Waals surface area contributed by atoms with E-state index in [4.69, 9.17) is 4.74 Å². The normalized spacial score (nSPS) is 20.0. The number of carbonyl (C=O) groups is 1. The Morgan fingerprint density at radius 3 is 3.12 bits per heavy atom. The van der Waals surface area contributed by atoms with E-state index in [0.29, 0.717) is 19.8 Å². The van der Waals surface area contributed by atoms with Gasteiger partial charge >= 0.3 is 0 Å². The molecule has 1 atom stereocenters. The van der Waals surface area contributed by atoms with Gasteiger partial charge in [-0.2, -0.15) is 0 Å². The molecule has 17 heavy (non-hydrogen) atoms. The van der Waals surface area contributed by atoms with E-state index in [-0.39, 0.29) is 11.9 Å². The Hall–Kier alpha value is -0.980. The fraction of sp³-hybridized carbons (Fsp3) is 0.455. The molecule has 92 valence electrons. The van der Waals surface area contributed by atoms with E-state index in [1.165, 1.54) is 0 Å². The summed E-state index contributed by atoms with van der Waals surface area (Å²) in [4.78, 5) is 16.1. The zero-order valence-electron chi connectivity index (χ0n) is 9.50. The van der Waals surface area contributed by atoms with Crippen molar-refractivity contribution in [1.29, 1.82) is 0 Å². The lowest BCUT2D eigenvalue weighted by Gasteiger charge is -2.23. The number of carbonyl (C=O) groups excluding carboxylic acids is 1. The van der Waals surface area contributed by atoms with E-state index in [1.54, 1.807) is 6.07 Å². The zero-order chi connectivity index (χ0) is 12.3. The molecule has 0 aliphatic carbocycles. The molecule has 1 unspecified atom stereocenters. The lowest BCUT2D eigenvalue weighted by molar-refractivity contribution is -0.120. The second-order valence-electron chi connectivity index (χ2n) is 3.84. The molecule has 0 bridgehead atoms. The van der Waals surface area contributed by atoms with Crippen LogP contribution >= 0.6 is 15.9 Å². The summed E-state index contributed by atoms with van der Waals surface area (Å²) in [7, 11) is 0. The lowest BCUT2D eigenvalue weighted by atomic mass is 10.2. The molecule has 1 amide bonds. The third-order valence-electron chi connectivity index (χ3n) is 2.55. The maximum Gasteiger partial charge on any atom is 0.243 e. The van der Waals surface area contributed by atoms with Gasteiger partial charge in [0.05, 0.1) is 24.6 Å². The molecule has 1 fully saturated rings. The van der Waals surface area contributed by atoms with Crippen molar-refractivity contribution >= 4 is 27.5 Å². The van der Waals surface area contributed by atoms with Gasteiger partial charge in [-0.25, -0.2) is 4.98 Å². The van der Waals surface area contributed by atoms with Gasteiger partial charge in [-0.15, -0.1) is 0 Å². The van der Waals surface area contributed by atoms with E-state index in [0.717, 1.165) is 16.0 Å². The Morgan fingerprint density at radius 2 is 2.47 bits per heavy atom. The number of halogens is 1. The summed E-state index contributed by atoms with van der Waals surface area (Å²) in [6.07, 6.45) is 0. The number of rotatable bonds is 2. The van der Waals surface area contributed by atoms with Crippen LogP contribution < -0.4 is 10.6 Å². The molecule has 1 aliphatic heterocycles. The minimum absolute atomic E-state index is 0.0862. The Morgan fingerprint density at radius 1 is 1.65 bits per heavy atom. The number of aryl methyl sites for hydroxylation is 1. The molecule has 2 N–H and O–H groups in total. The number of nitrogens with zero attached hydrogens (tertiary/aromatic N) is 1. The van der Waals surface area contributed by atoms with Crippen LogP contribution in [-0.4, -0.2) is 36.7 Å². The summed E-state index contributed by atoms with van der Waals surface area (Å²) in [5.41, 5.74) is 1.51. The van der Waals surface area contributed by atoms with Crippen LogP contribution in [0.25, 0.3) is 0 Å². The molecule has 0 aromatic carbocycles. The van der Waals surface area contributed by atoms with Crippen LogP contribution in [0.5, 0.6) is 0 Å². The highest BCUT2D eigenvalue weighted by molar-refractivity contribution is 9.10. The van der Waals surface area contributed by atoms with Crippen LogP contribution in [0.15, 0.2) is 16.7 Å². The van der Waals surface area contributed by atoms with Crippen molar-refractivity contribution < 1.29 is 9.53 Å². The highest BCUT2D eigenvalue weighted by Gasteiger charge is 2.21. The maximum atomic E-state index is 11.9. The molecule has 1 aliphatic rings. The Bertz CT molecular complexity index is 419. The summed E-state index contributed by atoms with van der Waals surface area (Å²) in [6.45, 7) is 3.62. The fourth-order valence-corrected chi connectivity index (χ4v) is 2.01. The monoisotopic (exact) mass is 299 g/mol. The summed E-state index contributed by atoms with van der Waals surface area (Å²) >= 11 is 3.28. The zero-order valence-corrected chi connectivity index (χ0v) is 11.1. The SMILES string of the molecule is Cc1nc(Br)ccc1NC(=O)C1COCCN1. The van der Waals surface area contributed by atoms with Gasteiger partial charge < -0.3 is 15.4 Å². The van der Waals surface area contributed by atoms with Crippen LogP contribution in [0.1, 0.15) is 5.69 Å². The third kappa shape index (κ3) is 3.24. The molecule has 2 rings (SSSR count). The molecule has 1 saturated heterocycles. The van der Waals surface area contributed by atoms with Crippen LogP contribution in [0, 0.1) is 6.92 Å². The smallest absolute Gasteiger partial charge is 0.243 e. The van der Waals surface area contributed by atoms with Gasteiger partial charge in [0, 0.05) is 6.54 Å². The van der Waals surface area contributed by atoms with Gasteiger partial charge in [0.2, 0.25) is 5.91 Å². The van der Waals surface area contributed by atoms with Gasteiger partial charge in [-0.1, -0.05) is 0 Å². The first-order valence-corrected chi connectivity index (χ1v) is 6.21. The summed E-state index contributed by atoms with van der Waals surface area (Å²) in [5.74, 6) is -0.0862. The van der Waals surface area contributed by atoms with E-state index in [9.17, 15) is 4.79 Å². The highest BCUT2D eigenvalue weighted by atomic mass is 79.9. The van der Waals surface area contributed by atoms with E-state index < -0.39 is 0 Å². The number of hydrogen-bond acceptors (Lipinski definition) is 4. The molecular formula is C11H14BrN3O2. The lowest BCUT2D eigenvalue weighted by Crippen LogP contribution is -2.48. The number of amides is 1. The van der Waals surface area contributed by atoms with Gasteiger partial charge in [0.15, 0.2) is 0 Å². The molecule has 0 radical (unpaired) electrons. The second kappa shape index (κ2) is 5.57. The van der Waals surface area contributed by atoms with Crippen LogP contribution in [-0.2, 0) is 9.53 Å².